The fraction of sp³-hybridized carbons (Fsp3) is 0.385. The largest absolute Gasteiger partial charge is 0.419 e. The molecule has 126 valence electrons. The summed E-state index contributed by atoms with van der Waals surface area (Å²) in [6.07, 6.45) is -0.580. The van der Waals surface area contributed by atoms with Crippen LogP contribution in [-0.2, 0) is 19.4 Å². The van der Waals surface area contributed by atoms with Crippen molar-refractivity contribution >= 4 is 43.2 Å². The van der Waals surface area contributed by atoms with Crippen molar-refractivity contribution < 1.29 is 27.7 Å². The van der Waals surface area contributed by atoms with Gasteiger partial charge >= 0.3 is 11.7 Å². The Balaban J connectivity index is 2.58. The van der Waals surface area contributed by atoms with Crippen LogP contribution in [0.5, 0.6) is 5.75 Å². The van der Waals surface area contributed by atoms with E-state index in [-0.39, 0.29) is 34.7 Å². The van der Waals surface area contributed by atoms with E-state index >= 15 is 0 Å². The molecule has 23 heavy (non-hydrogen) atoms. The number of sulfone groups is 1. The molecule has 0 radical (unpaired) electrons. The predicted molar refractivity (Wildman–Crippen MR) is 85.4 cm³/mol. The minimum atomic E-state index is -3.58. The van der Waals surface area contributed by atoms with Crippen LogP contribution in [0.1, 0.15) is 12.8 Å². The Bertz CT molecular complexity index is 702. The molecule has 1 aromatic rings. The van der Waals surface area contributed by atoms with Crippen molar-refractivity contribution in [3.05, 3.63) is 34.4 Å². The van der Waals surface area contributed by atoms with Gasteiger partial charge in [0.15, 0.2) is 9.84 Å². The highest BCUT2D eigenvalue weighted by Crippen LogP contribution is 2.26. The zero-order chi connectivity index (χ0) is 17.5. The normalized spacial score (nSPS) is 11.0. The Hall–Kier alpha value is -1.81. The average molecular weight is 408 g/mol. The van der Waals surface area contributed by atoms with Gasteiger partial charge in [-0.1, -0.05) is 28.1 Å². The van der Waals surface area contributed by atoms with Gasteiger partial charge in [0.05, 0.1) is 28.2 Å². The maximum Gasteiger partial charge on any atom is 0.312 e. The first-order chi connectivity index (χ1) is 10.7. The summed E-state index contributed by atoms with van der Waals surface area (Å²) >= 11 is 2.93. The third kappa shape index (κ3) is 6.87. The van der Waals surface area contributed by atoms with Gasteiger partial charge in [0.1, 0.15) is 5.78 Å². The molecule has 0 amide bonds. The molecule has 0 fully saturated rings. The number of esters is 1. The van der Waals surface area contributed by atoms with Gasteiger partial charge in [-0.2, -0.15) is 0 Å². The van der Waals surface area contributed by atoms with Crippen LogP contribution < -0.4 is 4.74 Å². The quantitative estimate of drug-likeness (QED) is 0.200. The van der Waals surface area contributed by atoms with Gasteiger partial charge in [-0.05, 0) is 6.07 Å². The van der Waals surface area contributed by atoms with Crippen LogP contribution in [0.15, 0.2) is 24.3 Å². The van der Waals surface area contributed by atoms with Gasteiger partial charge in [0.25, 0.3) is 0 Å². The van der Waals surface area contributed by atoms with E-state index in [1.165, 1.54) is 24.3 Å². The first-order valence-corrected chi connectivity index (χ1v) is 9.41. The molecule has 0 aliphatic rings. The number of ketones is 1. The molecule has 0 heterocycles. The van der Waals surface area contributed by atoms with E-state index in [4.69, 9.17) is 4.74 Å². The number of nitro benzene ring substituents is 1. The minimum absolute atomic E-state index is 0.0717. The van der Waals surface area contributed by atoms with Crippen molar-refractivity contribution in [3.63, 3.8) is 0 Å². The summed E-state index contributed by atoms with van der Waals surface area (Å²) in [6, 6.07) is 5.30. The van der Waals surface area contributed by atoms with Crippen molar-refractivity contribution in [2.24, 2.45) is 0 Å². The van der Waals surface area contributed by atoms with E-state index in [2.05, 4.69) is 15.9 Å². The van der Waals surface area contributed by atoms with Crippen LogP contribution in [0, 0.1) is 10.1 Å². The lowest BCUT2D eigenvalue weighted by Crippen LogP contribution is -2.19. The second-order valence-electron chi connectivity index (χ2n) is 4.52. The first-order valence-electron chi connectivity index (χ1n) is 6.47. The number of para-hydroxylation sites is 2. The summed E-state index contributed by atoms with van der Waals surface area (Å²) in [6.45, 7) is 0. The van der Waals surface area contributed by atoms with Crippen molar-refractivity contribution in [3.8, 4) is 5.75 Å². The lowest BCUT2D eigenvalue weighted by molar-refractivity contribution is -0.385. The maximum absolute atomic E-state index is 11.7. The number of halogens is 1. The third-order valence-electron chi connectivity index (χ3n) is 2.74. The fourth-order valence-electron chi connectivity index (χ4n) is 1.55. The number of carbonyl (C=O) groups is 2. The van der Waals surface area contributed by atoms with E-state index in [9.17, 15) is 28.1 Å². The van der Waals surface area contributed by atoms with E-state index in [0.717, 1.165) is 0 Å². The number of hydrogen-bond acceptors (Lipinski definition) is 7. The molecule has 8 nitrogen and oxygen atoms in total. The zero-order valence-corrected chi connectivity index (χ0v) is 14.3. The van der Waals surface area contributed by atoms with Gasteiger partial charge in [0, 0.05) is 12.5 Å². The molecule has 0 aromatic heterocycles. The van der Waals surface area contributed by atoms with E-state index < -0.39 is 32.9 Å². The van der Waals surface area contributed by atoms with Gasteiger partial charge < -0.3 is 4.74 Å². The molecule has 0 bridgehead atoms. The Kier molecular flexibility index (Phi) is 7.30. The fourth-order valence-corrected chi connectivity index (χ4v) is 3.05. The zero-order valence-electron chi connectivity index (χ0n) is 11.9. The van der Waals surface area contributed by atoms with Gasteiger partial charge in [-0.25, -0.2) is 8.42 Å². The summed E-state index contributed by atoms with van der Waals surface area (Å²) in [5, 5.41) is 10.9. The summed E-state index contributed by atoms with van der Waals surface area (Å²) in [7, 11) is -3.58. The third-order valence-corrected chi connectivity index (χ3v) is 5.02. The van der Waals surface area contributed by atoms with E-state index in [0.29, 0.717) is 0 Å². The van der Waals surface area contributed by atoms with Crippen molar-refractivity contribution in [1.82, 2.24) is 0 Å². The minimum Gasteiger partial charge on any atom is -0.419 e. The number of alkyl halides is 1. The SMILES string of the molecule is O=C(CBr)CCS(=O)(=O)CCC(=O)Oc1ccccc1[N+](=O)[O-]. The Morgan fingerprint density at radius 2 is 1.78 bits per heavy atom. The second kappa shape index (κ2) is 8.73. The first kappa shape index (κ1) is 19.2. The molecule has 0 aliphatic carbocycles. The smallest absolute Gasteiger partial charge is 0.312 e. The summed E-state index contributed by atoms with van der Waals surface area (Å²) < 4.78 is 28.2. The lowest BCUT2D eigenvalue weighted by atomic mass is 10.3. The molecule has 0 atom stereocenters. The summed E-state index contributed by atoms with van der Waals surface area (Å²) in [5.41, 5.74) is -0.383. The molecule has 10 heteroatoms. The molecule has 0 unspecified atom stereocenters. The molecule has 0 saturated heterocycles. The van der Waals surface area contributed by atoms with Crippen LogP contribution in [0.2, 0.25) is 0 Å². The number of carbonyl (C=O) groups excluding carboxylic acids is 2. The van der Waals surface area contributed by atoms with Crippen molar-refractivity contribution in [2.45, 2.75) is 12.8 Å². The molecule has 0 N–H and O–H groups in total. The number of Topliss-reactive ketones (excluding diaryl/α,β-unsaturated/α-hetero) is 1. The number of ether oxygens (including phenoxy) is 1. The van der Waals surface area contributed by atoms with E-state index in [1.54, 1.807) is 0 Å². The number of hydrogen-bond donors (Lipinski definition) is 0. The molecular weight excluding hydrogens is 394 g/mol. The highest BCUT2D eigenvalue weighted by molar-refractivity contribution is 9.09. The average Bonchev–Trinajstić information content (AvgIpc) is 2.51. The molecule has 0 saturated carbocycles. The van der Waals surface area contributed by atoms with Crippen LogP contribution >= 0.6 is 15.9 Å². The van der Waals surface area contributed by atoms with Gasteiger partial charge in [0.2, 0.25) is 5.75 Å². The van der Waals surface area contributed by atoms with Crippen LogP contribution in [0.3, 0.4) is 0 Å². The molecule has 0 spiro atoms. The standard InChI is InChI=1S/C13H14BrNO7S/c14-9-10(16)5-7-23(20,21)8-6-13(17)22-12-4-2-1-3-11(12)15(18)19/h1-4H,5-9H2. The molecular formula is C13H14BrNO7S. The van der Waals surface area contributed by atoms with Gasteiger partial charge in [-0.3, -0.25) is 19.7 Å². The van der Waals surface area contributed by atoms with Gasteiger partial charge in [-0.15, -0.1) is 0 Å². The topological polar surface area (TPSA) is 121 Å². The van der Waals surface area contributed by atoms with Crippen LogP contribution in [0.4, 0.5) is 5.69 Å². The Morgan fingerprint density at radius 1 is 1.17 bits per heavy atom. The predicted octanol–water partition coefficient (Wildman–Crippen LogP) is 1.66. The number of rotatable bonds is 9. The number of nitro groups is 1. The highest BCUT2D eigenvalue weighted by atomic mass is 79.9. The van der Waals surface area contributed by atoms with E-state index in [1.807, 2.05) is 0 Å². The summed E-state index contributed by atoms with van der Waals surface area (Å²) in [5.74, 6) is -2.22. The lowest BCUT2D eigenvalue weighted by Gasteiger charge is -2.05. The molecule has 1 aromatic carbocycles. The molecule has 0 aliphatic heterocycles. The van der Waals surface area contributed by atoms with Crippen molar-refractivity contribution in [2.75, 3.05) is 16.8 Å². The van der Waals surface area contributed by atoms with Crippen LogP contribution in [0.25, 0.3) is 0 Å². The monoisotopic (exact) mass is 407 g/mol. The number of benzene rings is 1. The van der Waals surface area contributed by atoms with Crippen LogP contribution in [-0.4, -0.2) is 41.9 Å². The number of nitrogens with zero attached hydrogens (tertiary/aromatic N) is 1. The molecule has 1 rings (SSSR count). The summed E-state index contributed by atoms with van der Waals surface area (Å²) in [4.78, 5) is 32.8. The Morgan fingerprint density at radius 3 is 2.39 bits per heavy atom. The Labute approximate surface area is 141 Å². The van der Waals surface area contributed by atoms with Crippen molar-refractivity contribution in [1.29, 1.82) is 0 Å². The highest BCUT2D eigenvalue weighted by Gasteiger charge is 2.20. The second-order valence-corrected chi connectivity index (χ2v) is 7.39. The maximum atomic E-state index is 11.7.